The van der Waals surface area contributed by atoms with Gasteiger partial charge in [0.1, 0.15) is 11.9 Å². The zero-order chi connectivity index (χ0) is 14.8. The SMILES string of the molecule is CC(Nc1nc2ccc(F)cn2n1)C(=O)N1CCOCC1. The smallest absolute Gasteiger partial charge is 0.245 e. The van der Waals surface area contributed by atoms with Gasteiger partial charge in [0.25, 0.3) is 0 Å². The van der Waals surface area contributed by atoms with E-state index in [9.17, 15) is 9.18 Å². The lowest BCUT2D eigenvalue weighted by molar-refractivity contribution is -0.135. The summed E-state index contributed by atoms with van der Waals surface area (Å²) in [7, 11) is 0. The maximum Gasteiger partial charge on any atom is 0.245 e. The summed E-state index contributed by atoms with van der Waals surface area (Å²) in [5.74, 6) is -0.116. The van der Waals surface area contributed by atoms with Gasteiger partial charge in [-0.3, -0.25) is 4.79 Å². The van der Waals surface area contributed by atoms with Crippen LogP contribution in [0, 0.1) is 5.82 Å². The van der Waals surface area contributed by atoms with E-state index in [1.54, 1.807) is 11.8 Å². The first-order valence-electron chi connectivity index (χ1n) is 6.78. The van der Waals surface area contributed by atoms with Gasteiger partial charge in [-0.2, -0.15) is 4.98 Å². The van der Waals surface area contributed by atoms with Crippen LogP contribution in [-0.4, -0.2) is 57.8 Å². The Labute approximate surface area is 120 Å². The minimum absolute atomic E-state index is 0.0247. The van der Waals surface area contributed by atoms with Gasteiger partial charge < -0.3 is 15.0 Å². The second kappa shape index (κ2) is 5.65. The number of ether oxygens (including phenoxy) is 1. The summed E-state index contributed by atoms with van der Waals surface area (Å²) in [6, 6.07) is 2.39. The van der Waals surface area contributed by atoms with Crippen molar-refractivity contribution in [2.75, 3.05) is 31.6 Å². The monoisotopic (exact) mass is 293 g/mol. The predicted octanol–water partition coefficient (Wildman–Crippen LogP) is 0.528. The second-order valence-corrected chi connectivity index (χ2v) is 4.89. The standard InChI is InChI=1S/C13H16FN5O2/c1-9(12(20)18-4-6-21-7-5-18)15-13-16-11-3-2-10(14)8-19(11)17-13/h2-3,8-9H,4-7H2,1H3,(H,15,17). The van der Waals surface area contributed by atoms with Crippen molar-refractivity contribution in [2.24, 2.45) is 0 Å². The van der Waals surface area contributed by atoms with Crippen molar-refractivity contribution in [3.05, 3.63) is 24.1 Å². The van der Waals surface area contributed by atoms with E-state index in [1.165, 1.54) is 22.8 Å². The average Bonchev–Trinajstić information content (AvgIpc) is 2.88. The van der Waals surface area contributed by atoms with Gasteiger partial charge in [-0.25, -0.2) is 8.91 Å². The van der Waals surface area contributed by atoms with E-state index in [1.807, 2.05) is 0 Å². The highest BCUT2D eigenvalue weighted by molar-refractivity contribution is 5.84. The summed E-state index contributed by atoms with van der Waals surface area (Å²) in [5, 5.41) is 7.05. The lowest BCUT2D eigenvalue weighted by Gasteiger charge is -2.29. The molecule has 2 aromatic heterocycles. The summed E-state index contributed by atoms with van der Waals surface area (Å²) < 4.78 is 19.7. The average molecular weight is 293 g/mol. The van der Waals surface area contributed by atoms with E-state index in [0.717, 1.165) is 0 Å². The maximum atomic E-state index is 13.1. The molecule has 2 aromatic rings. The number of amides is 1. The van der Waals surface area contributed by atoms with E-state index in [2.05, 4.69) is 15.4 Å². The van der Waals surface area contributed by atoms with Crippen molar-refractivity contribution in [3.8, 4) is 0 Å². The molecule has 1 atom stereocenters. The Morgan fingerprint density at radius 2 is 2.19 bits per heavy atom. The molecule has 1 amide bonds. The first-order valence-corrected chi connectivity index (χ1v) is 6.78. The molecular formula is C13H16FN5O2. The number of pyridine rings is 1. The predicted molar refractivity (Wildman–Crippen MR) is 73.4 cm³/mol. The van der Waals surface area contributed by atoms with Gasteiger partial charge in [-0.15, -0.1) is 5.10 Å². The van der Waals surface area contributed by atoms with Crippen LogP contribution in [0.5, 0.6) is 0 Å². The molecule has 3 rings (SSSR count). The second-order valence-electron chi connectivity index (χ2n) is 4.89. The highest BCUT2D eigenvalue weighted by Crippen LogP contribution is 2.09. The molecule has 3 heterocycles. The molecule has 1 aliphatic heterocycles. The molecule has 0 radical (unpaired) electrons. The number of halogens is 1. The number of hydrogen-bond acceptors (Lipinski definition) is 5. The van der Waals surface area contributed by atoms with Crippen LogP contribution >= 0.6 is 0 Å². The van der Waals surface area contributed by atoms with Crippen molar-refractivity contribution in [1.82, 2.24) is 19.5 Å². The van der Waals surface area contributed by atoms with Crippen molar-refractivity contribution in [2.45, 2.75) is 13.0 Å². The fourth-order valence-electron chi connectivity index (χ4n) is 2.23. The number of morpholine rings is 1. The molecule has 8 heteroatoms. The van der Waals surface area contributed by atoms with E-state index in [4.69, 9.17) is 4.74 Å². The third kappa shape index (κ3) is 2.94. The molecule has 1 fully saturated rings. The Morgan fingerprint density at radius 1 is 1.43 bits per heavy atom. The van der Waals surface area contributed by atoms with E-state index < -0.39 is 11.9 Å². The fourth-order valence-corrected chi connectivity index (χ4v) is 2.23. The van der Waals surface area contributed by atoms with Crippen LogP contribution in [-0.2, 0) is 9.53 Å². The first kappa shape index (κ1) is 13.7. The maximum absolute atomic E-state index is 13.1. The van der Waals surface area contributed by atoms with Crippen molar-refractivity contribution < 1.29 is 13.9 Å². The molecule has 7 nitrogen and oxygen atoms in total. The molecule has 112 valence electrons. The lowest BCUT2D eigenvalue weighted by Crippen LogP contribution is -2.47. The van der Waals surface area contributed by atoms with Crippen molar-refractivity contribution in [1.29, 1.82) is 0 Å². The molecule has 1 N–H and O–H groups in total. The Kier molecular flexibility index (Phi) is 3.70. The summed E-state index contributed by atoms with van der Waals surface area (Å²) in [6.07, 6.45) is 1.24. The van der Waals surface area contributed by atoms with Gasteiger partial charge in [-0.1, -0.05) is 0 Å². The third-order valence-corrected chi connectivity index (χ3v) is 3.33. The Hall–Kier alpha value is -2.22. The molecule has 0 spiro atoms. The van der Waals surface area contributed by atoms with Gasteiger partial charge in [-0.05, 0) is 19.1 Å². The Morgan fingerprint density at radius 3 is 2.95 bits per heavy atom. The summed E-state index contributed by atoms with van der Waals surface area (Å²) in [4.78, 5) is 18.2. The van der Waals surface area contributed by atoms with E-state index in [-0.39, 0.29) is 5.91 Å². The number of aromatic nitrogens is 3. The molecule has 21 heavy (non-hydrogen) atoms. The van der Waals surface area contributed by atoms with Crippen LogP contribution in [0.2, 0.25) is 0 Å². The number of hydrogen-bond donors (Lipinski definition) is 1. The largest absolute Gasteiger partial charge is 0.378 e. The van der Waals surface area contributed by atoms with Gasteiger partial charge in [0, 0.05) is 13.1 Å². The molecule has 0 saturated carbocycles. The molecular weight excluding hydrogens is 277 g/mol. The zero-order valence-corrected chi connectivity index (χ0v) is 11.6. The normalized spacial score (nSPS) is 17.0. The van der Waals surface area contributed by atoms with Crippen molar-refractivity contribution in [3.63, 3.8) is 0 Å². The van der Waals surface area contributed by atoms with Crippen molar-refractivity contribution >= 4 is 17.5 Å². The minimum Gasteiger partial charge on any atom is -0.378 e. The summed E-state index contributed by atoms with van der Waals surface area (Å²) in [6.45, 7) is 4.06. The quantitative estimate of drug-likeness (QED) is 0.893. The zero-order valence-electron chi connectivity index (χ0n) is 11.6. The number of rotatable bonds is 3. The van der Waals surface area contributed by atoms with E-state index >= 15 is 0 Å². The van der Waals surface area contributed by atoms with Gasteiger partial charge in [0.15, 0.2) is 5.65 Å². The van der Waals surface area contributed by atoms with Gasteiger partial charge >= 0.3 is 0 Å². The number of nitrogens with one attached hydrogen (secondary N) is 1. The number of anilines is 1. The molecule has 0 aromatic carbocycles. The number of fused-ring (bicyclic) bond motifs is 1. The molecule has 1 unspecified atom stereocenters. The Bertz CT molecular complexity index is 653. The first-order chi connectivity index (χ1) is 10.1. The van der Waals surface area contributed by atoms with Gasteiger partial charge in [0.05, 0.1) is 19.4 Å². The van der Waals surface area contributed by atoms with Crippen LogP contribution in [0.4, 0.5) is 10.3 Å². The number of carbonyl (C=O) groups is 1. The van der Waals surface area contributed by atoms with Crippen LogP contribution in [0.1, 0.15) is 6.92 Å². The van der Waals surface area contributed by atoms with Crippen LogP contribution in [0.25, 0.3) is 5.65 Å². The van der Waals surface area contributed by atoms with Crippen LogP contribution in [0.15, 0.2) is 18.3 Å². The lowest BCUT2D eigenvalue weighted by atomic mass is 10.2. The summed E-state index contributed by atoms with van der Waals surface area (Å²) in [5.41, 5.74) is 0.518. The minimum atomic E-state index is -0.453. The van der Waals surface area contributed by atoms with Gasteiger partial charge in [0.2, 0.25) is 11.9 Å². The highest BCUT2D eigenvalue weighted by atomic mass is 19.1. The fraction of sp³-hybridized carbons (Fsp3) is 0.462. The van der Waals surface area contributed by atoms with E-state index in [0.29, 0.717) is 37.9 Å². The topological polar surface area (TPSA) is 71.8 Å². The summed E-state index contributed by atoms with van der Waals surface area (Å²) >= 11 is 0. The number of nitrogens with zero attached hydrogens (tertiary/aromatic N) is 4. The van der Waals surface area contributed by atoms with Crippen LogP contribution < -0.4 is 5.32 Å². The van der Waals surface area contributed by atoms with Crippen LogP contribution in [0.3, 0.4) is 0 Å². The molecule has 0 bridgehead atoms. The molecule has 1 saturated heterocycles. The third-order valence-electron chi connectivity index (χ3n) is 3.33. The highest BCUT2D eigenvalue weighted by Gasteiger charge is 2.23. The number of carbonyl (C=O) groups excluding carboxylic acids is 1. The molecule has 0 aliphatic carbocycles. The Balaban J connectivity index is 1.70. The molecule has 1 aliphatic rings.